The summed E-state index contributed by atoms with van der Waals surface area (Å²) in [4.78, 5) is 20.6. The van der Waals surface area contributed by atoms with Crippen LogP contribution in [0.5, 0.6) is 0 Å². The van der Waals surface area contributed by atoms with Crippen molar-refractivity contribution in [3.8, 4) is 0 Å². The van der Waals surface area contributed by atoms with Gasteiger partial charge in [0.1, 0.15) is 5.82 Å². The second kappa shape index (κ2) is 6.05. The molecule has 0 saturated carbocycles. The molecule has 0 aliphatic heterocycles. The van der Waals surface area contributed by atoms with Gasteiger partial charge in [0.15, 0.2) is 0 Å². The SMILES string of the molecule is CC(Nc1cc(=O)n(C)c2ccc(NO)cc12)c1ncccn1. The topological polar surface area (TPSA) is 92.1 Å². The minimum Gasteiger partial charge on any atom is -0.375 e. The highest BCUT2D eigenvalue weighted by atomic mass is 16.5. The van der Waals surface area contributed by atoms with E-state index in [9.17, 15) is 4.79 Å². The molecule has 1 aromatic carbocycles. The van der Waals surface area contributed by atoms with Gasteiger partial charge in [-0.3, -0.25) is 15.5 Å². The molecule has 0 fully saturated rings. The molecule has 3 rings (SSSR count). The minimum atomic E-state index is -0.169. The normalized spacial score (nSPS) is 12.1. The van der Waals surface area contributed by atoms with Crippen molar-refractivity contribution in [2.75, 3.05) is 10.8 Å². The highest BCUT2D eigenvalue weighted by Gasteiger charge is 2.12. The van der Waals surface area contributed by atoms with Crippen LogP contribution in [0, 0.1) is 0 Å². The molecule has 0 amide bonds. The Morgan fingerprint density at radius 3 is 2.65 bits per heavy atom. The fourth-order valence-corrected chi connectivity index (χ4v) is 2.48. The van der Waals surface area contributed by atoms with Crippen molar-refractivity contribution in [3.63, 3.8) is 0 Å². The number of hydrogen-bond donors (Lipinski definition) is 3. The lowest BCUT2D eigenvalue weighted by Gasteiger charge is -2.17. The maximum Gasteiger partial charge on any atom is 0.252 e. The van der Waals surface area contributed by atoms with Crippen LogP contribution in [0.15, 0.2) is 47.5 Å². The van der Waals surface area contributed by atoms with Crippen LogP contribution in [0.3, 0.4) is 0 Å². The molecule has 3 aromatic rings. The first-order chi connectivity index (χ1) is 11.1. The van der Waals surface area contributed by atoms with Gasteiger partial charge in [-0.1, -0.05) is 0 Å². The minimum absolute atomic E-state index is 0.120. The van der Waals surface area contributed by atoms with E-state index in [2.05, 4.69) is 20.8 Å². The van der Waals surface area contributed by atoms with Crippen molar-refractivity contribution >= 4 is 22.3 Å². The van der Waals surface area contributed by atoms with Crippen molar-refractivity contribution in [1.29, 1.82) is 0 Å². The zero-order valence-corrected chi connectivity index (χ0v) is 12.8. The number of benzene rings is 1. The molecular formula is C16H17N5O2. The molecule has 3 N–H and O–H groups in total. The van der Waals surface area contributed by atoms with Crippen LogP contribution in [0.25, 0.3) is 10.9 Å². The van der Waals surface area contributed by atoms with Gasteiger partial charge in [0.05, 0.1) is 17.2 Å². The molecule has 7 heteroatoms. The van der Waals surface area contributed by atoms with Gasteiger partial charge in [0, 0.05) is 36.6 Å². The zero-order chi connectivity index (χ0) is 16.4. The standard InChI is InChI=1S/C16H17N5O2/c1-10(16-17-6-3-7-18-16)19-13-9-15(22)21(2)14-5-4-11(20-23)8-12(13)14/h3-10,19-20,23H,1-2H3. The summed E-state index contributed by atoms with van der Waals surface area (Å²) in [5.41, 5.74) is 3.98. The summed E-state index contributed by atoms with van der Waals surface area (Å²) in [7, 11) is 1.71. The summed E-state index contributed by atoms with van der Waals surface area (Å²) >= 11 is 0. The molecule has 7 nitrogen and oxygen atoms in total. The number of pyridine rings is 1. The molecule has 2 aromatic heterocycles. The number of nitrogens with zero attached hydrogens (tertiary/aromatic N) is 3. The number of nitrogens with one attached hydrogen (secondary N) is 2. The highest BCUT2D eigenvalue weighted by molar-refractivity contribution is 5.93. The van der Waals surface area contributed by atoms with E-state index in [-0.39, 0.29) is 11.6 Å². The van der Waals surface area contributed by atoms with Crippen molar-refractivity contribution < 1.29 is 5.21 Å². The van der Waals surface area contributed by atoms with E-state index in [1.54, 1.807) is 48.3 Å². The number of anilines is 2. The Hall–Kier alpha value is -2.93. The molecule has 0 saturated heterocycles. The summed E-state index contributed by atoms with van der Waals surface area (Å²) < 4.78 is 1.56. The smallest absolute Gasteiger partial charge is 0.252 e. The molecule has 118 valence electrons. The van der Waals surface area contributed by atoms with E-state index in [1.165, 1.54) is 6.07 Å². The Balaban J connectivity index is 2.09. The molecule has 23 heavy (non-hydrogen) atoms. The van der Waals surface area contributed by atoms with Crippen molar-refractivity contribution in [2.24, 2.45) is 7.05 Å². The fraction of sp³-hybridized carbons (Fsp3) is 0.188. The summed E-state index contributed by atoms with van der Waals surface area (Å²) in [6, 6.07) is 8.37. The van der Waals surface area contributed by atoms with Crippen LogP contribution in [0.4, 0.5) is 11.4 Å². The van der Waals surface area contributed by atoms with Crippen LogP contribution in [-0.4, -0.2) is 19.7 Å². The predicted molar refractivity (Wildman–Crippen MR) is 88.7 cm³/mol. The van der Waals surface area contributed by atoms with Crippen LogP contribution in [-0.2, 0) is 7.05 Å². The maximum absolute atomic E-state index is 12.2. The van der Waals surface area contributed by atoms with Gasteiger partial charge in [-0.25, -0.2) is 9.97 Å². The third kappa shape index (κ3) is 2.86. The summed E-state index contributed by atoms with van der Waals surface area (Å²) in [6.07, 6.45) is 3.35. The predicted octanol–water partition coefficient (Wildman–Crippen LogP) is 2.30. The maximum atomic E-state index is 12.2. The van der Waals surface area contributed by atoms with Crippen molar-refractivity contribution in [1.82, 2.24) is 14.5 Å². The molecule has 1 atom stereocenters. The van der Waals surface area contributed by atoms with Gasteiger partial charge in [-0.05, 0) is 31.2 Å². The lowest BCUT2D eigenvalue weighted by Crippen LogP contribution is -2.19. The van der Waals surface area contributed by atoms with Crippen molar-refractivity contribution in [2.45, 2.75) is 13.0 Å². The first kappa shape index (κ1) is 15.0. The molecular weight excluding hydrogens is 294 g/mol. The lowest BCUT2D eigenvalue weighted by atomic mass is 10.1. The number of aryl methyl sites for hydroxylation is 1. The number of aromatic nitrogens is 3. The van der Waals surface area contributed by atoms with E-state index in [1.807, 2.05) is 6.92 Å². The third-order valence-corrected chi connectivity index (χ3v) is 3.72. The van der Waals surface area contributed by atoms with E-state index < -0.39 is 0 Å². The van der Waals surface area contributed by atoms with Gasteiger partial charge in [-0.2, -0.15) is 0 Å². The van der Waals surface area contributed by atoms with E-state index >= 15 is 0 Å². The molecule has 0 radical (unpaired) electrons. The van der Waals surface area contributed by atoms with Gasteiger partial charge < -0.3 is 9.88 Å². The number of rotatable bonds is 4. The van der Waals surface area contributed by atoms with E-state index in [4.69, 9.17) is 5.21 Å². The first-order valence-electron chi connectivity index (χ1n) is 7.17. The number of fused-ring (bicyclic) bond motifs is 1. The molecule has 0 aliphatic rings. The van der Waals surface area contributed by atoms with Crippen LogP contribution < -0.4 is 16.4 Å². The Morgan fingerprint density at radius 1 is 1.22 bits per heavy atom. The molecule has 1 unspecified atom stereocenters. The van der Waals surface area contributed by atoms with E-state index in [0.29, 0.717) is 17.2 Å². The number of hydrogen-bond acceptors (Lipinski definition) is 6. The van der Waals surface area contributed by atoms with Gasteiger partial charge in [0.25, 0.3) is 5.56 Å². The summed E-state index contributed by atoms with van der Waals surface area (Å²) in [5, 5.41) is 13.2. The second-order valence-electron chi connectivity index (χ2n) is 5.27. The quantitative estimate of drug-likeness (QED) is 0.640. The molecule has 2 heterocycles. The molecule has 0 spiro atoms. The zero-order valence-electron chi connectivity index (χ0n) is 12.8. The monoisotopic (exact) mass is 311 g/mol. The average molecular weight is 311 g/mol. The second-order valence-corrected chi connectivity index (χ2v) is 5.27. The Kier molecular flexibility index (Phi) is 3.94. The third-order valence-electron chi connectivity index (χ3n) is 3.72. The lowest BCUT2D eigenvalue weighted by molar-refractivity contribution is 0.389. The Morgan fingerprint density at radius 2 is 1.96 bits per heavy atom. The summed E-state index contributed by atoms with van der Waals surface area (Å²) in [5.74, 6) is 0.637. The van der Waals surface area contributed by atoms with Crippen LogP contribution in [0.1, 0.15) is 18.8 Å². The Labute approximate surface area is 132 Å². The average Bonchev–Trinajstić information content (AvgIpc) is 2.59. The Bertz CT molecular complexity index is 892. The largest absolute Gasteiger partial charge is 0.375 e. The van der Waals surface area contributed by atoms with Gasteiger partial charge in [-0.15, -0.1) is 0 Å². The first-order valence-corrected chi connectivity index (χ1v) is 7.17. The fourth-order valence-electron chi connectivity index (χ4n) is 2.48. The van der Waals surface area contributed by atoms with Gasteiger partial charge in [0.2, 0.25) is 0 Å². The molecule has 0 bridgehead atoms. The van der Waals surface area contributed by atoms with Crippen LogP contribution >= 0.6 is 0 Å². The van der Waals surface area contributed by atoms with E-state index in [0.717, 1.165) is 10.9 Å². The summed E-state index contributed by atoms with van der Waals surface area (Å²) in [6.45, 7) is 1.92. The van der Waals surface area contributed by atoms with Gasteiger partial charge >= 0.3 is 0 Å². The van der Waals surface area contributed by atoms with Crippen molar-refractivity contribution in [3.05, 3.63) is 58.9 Å². The van der Waals surface area contributed by atoms with Crippen LogP contribution in [0.2, 0.25) is 0 Å². The molecule has 0 aliphatic carbocycles. The highest BCUT2D eigenvalue weighted by Crippen LogP contribution is 2.27.